The van der Waals surface area contributed by atoms with E-state index in [1.807, 2.05) is 25.2 Å². The fraction of sp³-hybridized carbons (Fsp3) is 0.222. The quantitative estimate of drug-likeness (QED) is 0.312. The van der Waals surface area contributed by atoms with Crippen LogP contribution in [0.25, 0.3) is 11.3 Å². The fourth-order valence-electron chi connectivity index (χ4n) is 3.71. The molecule has 2 amide bonds. The van der Waals surface area contributed by atoms with Crippen molar-refractivity contribution in [2.24, 2.45) is 0 Å². The van der Waals surface area contributed by atoms with Crippen molar-refractivity contribution in [3.8, 4) is 11.3 Å². The third kappa shape index (κ3) is 6.01. The third-order valence-corrected chi connectivity index (χ3v) is 5.62. The first kappa shape index (κ1) is 23.0. The number of nitrogens with zero attached hydrogens (tertiary/aromatic N) is 2. The van der Waals surface area contributed by atoms with Crippen LogP contribution in [0, 0.1) is 0 Å². The van der Waals surface area contributed by atoms with Crippen LogP contribution in [0.4, 0.5) is 5.69 Å². The second kappa shape index (κ2) is 11.1. The van der Waals surface area contributed by atoms with Gasteiger partial charge in [0.15, 0.2) is 5.76 Å². The molecule has 7 nitrogen and oxygen atoms in total. The zero-order valence-electron chi connectivity index (χ0n) is 19.2. The molecule has 4 aromatic rings. The van der Waals surface area contributed by atoms with Crippen LogP contribution in [-0.4, -0.2) is 40.5 Å². The first-order chi connectivity index (χ1) is 16.6. The Hall–Kier alpha value is -4.13. The molecular formula is C27H28N4O3. The maximum absolute atomic E-state index is 12.7. The predicted molar refractivity (Wildman–Crippen MR) is 132 cm³/mol. The van der Waals surface area contributed by atoms with Crippen molar-refractivity contribution in [3.05, 3.63) is 96.1 Å². The summed E-state index contributed by atoms with van der Waals surface area (Å²) in [5.41, 5.74) is 4.40. The van der Waals surface area contributed by atoms with Gasteiger partial charge in [-0.15, -0.1) is 0 Å². The Morgan fingerprint density at radius 2 is 1.76 bits per heavy atom. The van der Waals surface area contributed by atoms with Gasteiger partial charge in [-0.2, -0.15) is 5.10 Å². The molecule has 0 aliphatic carbocycles. The topological polar surface area (TPSA) is 91.2 Å². The van der Waals surface area contributed by atoms with Gasteiger partial charge in [-0.25, -0.2) is 0 Å². The Balaban J connectivity index is 1.18. The van der Waals surface area contributed by atoms with Crippen LogP contribution in [0.15, 0.2) is 83.5 Å². The molecule has 0 aliphatic rings. The molecule has 0 saturated heterocycles. The van der Waals surface area contributed by atoms with E-state index in [0.717, 1.165) is 42.6 Å². The summed E-state index contributed by atoms with van der Waals surface area (Å²) < 4.78 is 5.08. The molecule has 0 bridgehead atoms. The second-order valence-electron chi connectivity index (χ2n) is 8.19. The molecule has 34 heavy (non-hydrogen) atoms. The number of aromatic amines is 1. The van der Waals surface area contributed by atoms with Gasteiger partial charge in [-0.3, -0.25) is 14.7 Å². The van der Waals surface area contributed by atoms with E-state index in [0.29, 0.717) is 17.8 Å². The van der Waals surface area contributed by atoms with E-state index in [2.05, 4.69) is 33.7 Å². The van der Waals surface area contributed by atoms with E-state index < -0.39 is 0 Å². The van der Waals surface area contributed by atoms with Crippen molar-refractivity contribution in [3.63, 3.8) is 0 Å². The van der Waals surface area contributed by atoms with Crippen LogP contribution in [0.1, 0.15) is 45.9 Å². The summed E-state index contributed by atoms with van der Waals surface area (Å²) in [5.74, 6) is -0.123. The molecule has 0 atom stereocenters. The van der Waals surface area contributed by atoms with Crippen LogP contribution >= 0.6 is 0 Å². The predicted octanol–water partition coefficient (Wildman–Crippen LogP) is 5.41. The van der Waals surface area contributed by atoms with Crippen LogP contribution < -0.4 is 5.32 Å². The summed E-state index contributed by atoms with van der Waals surface area (Å²) in [4.78, 5) is 26.5. The molecule has 2 N–H and O–H groups in total. The van der Waals surface area contributed by atoms with Gasteiger partial charge in [0.2, 0.25) is 0 Å². The van der Waals surface area contributed by atoms with Gasteiger partial charge in [0.25, 0.3) is 11.8 Å². The van der Waals surface area contributed by atoms with Crippen molar-refractivity contribution in [1.29, 1.82) is 0 Å². The zero-order valence-corrected chi connectivity index (χ0v) is 19.2. The van der Waals surface area contributed by atoms with Gasteiger partial charge >= 0.3 is 0 Å². The largest absolute Gasteiger partial charge is 0.459 e. The molecule has 174 valence electrons. The lowest BCUT2D eigenvalue weighted by Gasteiger charge is -2.17. The number of carbonyl (C=O) groups excluding carboxylic acids is 2. The minimum atomic E-state index is -0.326. The van der Waals surface area contributed by atoms with E-state index in [4.69, 9.17) is 4.42 Å². The summed E-state index contributed by atoms with van der Waals surface area (Å²) in [7, 11) is 1.82. The van der Waals surface area contributed by atoms with Gasteiger partial charge in [0.05, 0.1) is 12.0 Å². The van der Waals surface area contributed by atoms with Crippen molar-refractivity contribution in [1.82, 2.24) is 15.1 Å². The van der Waals surface area contributed by atoms with Gasteiger partial charge in [0, 0.05) is 36.1 Å². The Labute approximate surface area is 198 Å². The molecule has 2 aromatic carbocycles. The normalized spacial score (nSPS) is 10.7. The number of nitrogens with one attached hydrogen (secondary N) is 2. The lowest BCUT2D eigenvalue weighted by atomic mass is 10.1. The number of unbranched alkanes of at least 4 members (excludes halogenated alkanes) is 2. The number of H-pyrrole nitrogens is 1. The summed E-state index contributed by atoms with van der Waals surface area (Å²) in [6, 6.07) is 22.4. The summed E-state index contributed by atoms with van der Waals surface area (Å²) in [5, 5.41) is 10.3. The number of furan rings is 1. The molecule has 0 radical (unpaired) electrons. The van der Waals surface area contributed by atoms with E-state index >= 15 is 0 Å². The highest BCUT2D eigenvalue weighted by Gasteiger charge is 2.13. The average Bonchev–Trinajstić information content (AvgIpc) is 3.57. The van der Waals surface area contributed by atoms with Gasteiger partial charge < -0.3 is 14.6 Å². The van der Waals surface area contributed by atoms with Crippen molar-refractivity contribution in [2.45, 2.75) is 25.7 Å². The Bertz CT molecular complexity index is 1200. The molecular weight excluding hydrogens is 428 g/mol. The third-order valence-electron chi connectivity index (χ3n) is 5.62. The number of aromatic nitrogens is 2. The molecule has 0 fully saturated rings. The second-order valence-corrected chi connectivity index (χ2v) is 8.19. The van der Waals surface area contributed by atoms with E-state index in [1.54, 1.807) is 41.3 Å². The molecule has 0 unspecified atom stereocenters. The highest BCUT2D eigenvalue weighted by Crippen LogP contribution is 2.18. The van der Waals surface area contributed by atoms with Gasteiger partial charge in [-0.05, 0) is 61.7 Å². The summed E-state index contributed by atoms with van der Waals surface area (Å²) in [6.45, 7) is 0.689. The number of rotatable bonds is 10. The Morgan fingerprint density at radius 1 is 0.971 bits per heavy atom. The smallest absolute Gasteiger partial charge is 0.291 e. The standard InChI is InChI=1S/C27H28N4O3/c1-31(17-7-3-6-11-23-19-24(30-29-23)20-9-4-2-5-10-20)27(33)21-13-15-22(16-14-21)28-26(32)25-12-8-18-34-25/h2,4-5,8-10,12-16,18-19H,3,6-7,11,17H2,1H3,(H,28,32)(H,29,30). The van der Waals surface area contributed by atoms with Crippen LogP contribution in [0.3, 0.4) is 0 Å². The Kier molecular flexibility index (Phi) is 7.55. The number of carbonyl (C=O) groups is 2. The number of hydrogen-bond donors (Lipinski definition) is 2. The number of aryl methyl sites for hydroxylation is 1. The van der Waals surface area contributed by atoms with Crippen molar-refractivity contribution < 1.29 is 14.0 Å². The maximum atomic E-state index is 12.7. The molecule has 0 spiro atoms. The van der Waals surface area contributed by atoms with E-state index in [9.17, 15) is 9.59 Å². The van der Waals surface area contributed by atoms with Crippen molar-refractivity contribution >= 4 is 17.5 Å². The van der Waals surface area contributed by atoms with Crippen LogP contribution in [0.2, 0.25) is 0 Å². The molecule has 2 aromatic heterocycles. The maximum Gasteiger partial charge on any atom is 0.291 e. The highest BCUT2D eigenvalue weighted by atomic mass is 16.3. The van der Waals surface area contributed by atoms with Gasteiger partial charge in [0.1, 0.15) is 0 Å². The SMILES string of the molecule is CN(CCCCCc1cc(-c2ccccc2)n[nH]1)C(=O)c1ccc(NC(=O)c2ccco2)cc1. The molecule has 2 heterocycles. The first-order valence-electron chi connectivity index (χ1n) is 11.4. The summed E-state index contributed by atoms with van der Waals surface area (Å²) in [6.07, 6.45) is 5.37. The molecule has 7 heteroatoms. The lowest BCUT2D eigenvalue weighted by molar-refractivity contribution is 0.0792. The number of benzene rings is 2. The average molecular weight is 457 g/mol. The number of anilines is 1. The highest BCUT2D eigenvalue weighted by molar-refractivity contribution is 6.02. The zero-order chi connectivity index (χ0) is 23.8. The number of amides is 2. The van der Waals surface area contributed by atoms with Gasteiger partial charge in [-0.1, -0.05) is 36.8 Å². The van der Waals surface area contributed by atoms with E-state index in [1.165, 1.54) is 6.26 Å². The minimum Gasteiger partial charge on any atom is -0.459 e. The molecule has 0 saturated carbocycles. The first-order valence-corrected chi connectivity index (χ1v) is 11.4. The molecule has 0 aliphatic heterocycles. The van der Waals surface area contributed by atoms with E-state index in [-0.39, 0.29) is 17.6 Å². The van der Waals surface area contributed by atoms with Crippen LogP contribution in [0.5, 0.6) is 0 Å². The fourth-order valence-corrected chi connectivity index (χ4v) is 3.71. The number of hydrogen-bond acceptors (Lipinski definition) is 4. The monoisotopic (exact) mass is 456 g/mol. The minimum absolute atomic E-state index is 0.0371. The van der Waals surface area contributed by atoms with Crippen LogP contribution in [-0.2, 0) is 6.42 Å². The molecule has 4 rings (SSSR count). The summed E-state index contributed by atoms with van der Waals surface area (Å²) >= 11 is 0. The van der Waals surface area contributed by atoms with Crippen molar-refractivity contribution in [2.75, 3.05) is 18.9 Å². The Morgan fingerprint density at radius 3 is 2.50 bits per heavy atom. The lowest BCUT2D eigenvalue weighted by Crippen LogP contribution is -2.27.